The number of carbonyl (C=O) groups is 1. The van der Waals surface area contributed by atoms with Crippen molar-refractivity contribution < 1.29 is 14.1 Å². The zero-order valence-corrected chi connectivity index (χ0v) is 22.9. The van der Waals surface area contributed by atoms with Gasteiger partial charge in [-0.2, -0.15) is 0 Å². The van der Waals surface area contributed by atoms with E-state index in [1.54, 1.807) is 12.3 Å². The van der Waals surface area contributed by atoms with Crippen molar-refractivity contribution in [2.75, 3.05) is 18.0 Å². The SMILES string of the molecule is CC.CC1(C)OB(c2ccc(C3CCN(c4ccc(C(N)=O)cn4)CC3)cc2)OC1(C)C.CCC. The van der Waals surface area contributed by atoms with Crippen LogP contribution in [0.15, 0.2) is 42.6 Å². The van der Waals surface area contributed by atoms with E-state index in [0.29, 0.717) is 11.5 Å². The molecule has 0 spiro atoms. The van der Waals surface area contributed by atoms with Crippen LogP contribution in [0.3, 0.4) is 0 Å². The van der Waals surface area contributed by atoms with Crippen molar-refractivity contribution in [2.24, 2.45) is 5.73 Å². The molecule has 2 saturated heterocycles. The molecule has 2 aliphatic rings. The second kappa shape index (κ2) is 12.5. The van der Waals surface area contributed by atoms with Gasteiger partial charge in [0.05, 0.1) is 16.8 Å². The molecule has 6 nitrogen and oxygen atoms in total. The summed E-state index contributed by atoms with van der Waals surface area (Å²) in [6, 6.07) is 12.3. The number of nitrogens with two attached hydrogens (primary N) is 1. The van der Waals surface area contributed by atoms with Crippen LogP contribution in [0, 0.1) is 0 Å². The van der Waals surface area contributed by atoms with Gasteiger partial charge in [0.1, 0.15) is 5.82 Å². The average Bonchev–Trinajstić information content (AvgIpc) is 3.08. The fourth-order valence-electron chi connectivity index (χ4n) is 4.07. The van der Waals surface area contributed by atoms with Gasteiger partial charge in [0.25, 0.3) is 0 Å². The molecule has 2 N–H and O–H groups in total. The van der Waals surface area contributed by atoms with E-state index in [2.05, 4.69) is 75.7 Å². The predicted octanol–water partition coefficient (Wildman–Crippen LogP) is 5.31. The summed E-state index contributed by atoms with van der Waals surface area (Å²) >= 11 is 0. The Hall–Kier alpha value is -2.38. The summed E-state index contributed by atoms with van der Waals surface area (Å²) in [5.74, 6) is 0.977. The Bertz CT molecular complexity index is 905. The molecule has 0 bridgehead atoms. The normalized spacial score (nSPS) is 18.7. The molecule has 1 aromatic carbocycles. The minimum Gasteiger partial charge on any atom is -0.399 e. The molecule has 192 valence electrons. The second-order valence-electron chi connectivity index (χ2n) is 9.99. The summed E-state index contributed by atoms with van der Waals surface area (Å²) in [5, 5.41) is 0. The number of rotatable bonds is 4. The van der Waals surface area contributed by atoms with Gasteiger partial charge in [0, 0.05) is 19.3 Å². The summed E-state index contributed by atoms with van der Waals surface area (Å²) in [6.07, 6.45) is 4.93. The van der Waals surface area contributed by atoms with Crippen molar-refractivity contribution in [3.63, 3.8) is 0 Å². The van der Waals surface area contributed by atoms with Gasteiger partial charge in [-0.05, 0) is 69.6 Å². The monoisotopic (exact) mass is 481 g/mol. The van der Waals surface area contributed by atoms with Gasteiger partial charge >= 0.3 is 7.12 Å². The summed E-state index contributed by atoms with van der Waals surface area (Å²) in [7, 11) is -0.319. The zero-order valence-electron chi connectivity index (χ0n) is 22.9. The van der Waals surface area contributed by atoms with Gasteiger partial charge in [-0.3, -0.25) is 4.79 Å². The topological polar surface area (TPSA) is 77.7 Å². The largest absolute Gasteiger partial charge is 0.494 e. The molecule has 1 amide bonds. The van der Waals surface area contributed by atoms with Crippen molar-refractivity contribution in [3.8, 4) is 0 Å². The number of nitrogens with zero attached hydrogens (tertiary/aromatic N) is 2. The van der Waals surface area contributed by atoms with E-state index in [9.17, 15) is 4.79 Å². The van der Waals surface area contributed by atoms with Crippen LogP contribution in [0.25, 0.3) is 0 Å². The smallest absolute Gasteiger partial charge is 0.399 e. The summed E-state index contributed by atoms with van der Waals surface area (Å²) < 4.78 is 12.3. The third kappa shape index (κ3) is 7.08. The highest BCUT2D eigenvalue weighted by Crippen LogP contribution is 2.36. The third-order valence-electron chi connectivity index (χ3n) is 6.78. The number of benzene rings is 1. The van der Waals surface area contributed by atoms with Crippen molar-refractivity contribution in [1.82, 2.24) is 4.98 Å². The molecule has 2 aliphatic heterocycles. The quantitative estimate of drug-likeness (QED) is 0.600. The minimum absolute atomic E-state index is 0.319. The maximum absolute atomic E-state index is 11.2. The van der Waals surface area contributed by atoms with Crippen LogP contribution < -0.4 is 16.1 Å². The second-order valence-corrected chi connectivity index (χ2v) is 9.99. The van der Waals surface area contributed by atoms with E-state index in [4.69, 9.17) is 15.0 Å². The first-order chi connectivity index (χ1) is 16.6. The third-order valence-corrected chi connectivity index (χ3v) is 6.78. The van der Waals surface area contributed by atoms with E-state index < -0.39 is 5.91 Å². The fraction of sp³-hybridized carbons (Fsp3) is 0.571. The first kappa shape index (κ1) is 28.9. The van der Waals surface area contributed by atoms with E-state index in [1.165, 1.54) is 12.0 Å². The van der Waals surface area contributed by atoms with Gasteiger partial charge in [-0.25, -0.2) is 4.98 Å². The summed E-state index contributed by atoms with van der Waals surface area (Å²) in [6.45, 7) is 18.4. The van der Waals surface area contributed by atoms with Crippen LogP contribution >= 0.6 is 0 Å². The van der Waals surface area contributed by atoms with Crippen LogP contribution in [0.5, 0.6) is 0 Å². The van der Waals surface area contributed by atoms with Gasteiger partial charge in [-0.1, -0.05) is 58.4 Å². The van der Waals surface area contributed by atoms with Crippen LogP contribution in [0.1, 0.15) is 96.5 Å². The number of pyridine rings is 1. The first-order valence-corrected chi connectivity index (χ1v) is 13.0. The van der Waals surface area contributed by atoms with Crippen molar-refractivity contribution in [1.29, 1.82) is 0 Å². The molecule has 0 unspecified atom stereocenters. The van der Waals surface area contributed by atoms with Gasteiger partial charge in [0.2, 0.25) is 5.91 Å². The van der Waals surface area contributed by atoms with Crippen LogP contribution in [0.2, 0.25) is 0 Å². The number of piperidine rings is 1. The Morgan fingerprint density at radius 2 is 1.51 bits per heavy atom. The molecule has 0 saturated carbocycles. The first-order valence-electron chi connectivity index (χ1n) is 13.0. The number of aromatic nitrogens is 1. The molecule has 1 aromatic heterocycles. The van der Waals surface area contributed by atoms with Crippen molar-refractivity contribution in [3.05, 3.63) is 53.7 Å². The van der Waals surface area contributed by atoms with Crippen LogP contribution in [-0.2, 0) is 9.31 Å². The maximum Gasteiger partial charge on any atom is 0.494 e. The van der Waals surface area contributed by atoms with E-state index >= 15 is 0 Å². The van der Waals surface area contributed by atoms with E-state index in [-0.39, 0.29) is 18.3 Å². The van der Waals surface area contributed by atoms with Crippen LogP contribution in [0.4, 0.5) is 5.82 Å². The lowest BCUT2D eigenvalue weighted by atomic mass is 9.77. The molecular formula is C28H44BN3O3. The molecule has 7 heteroatoms. The zero-order chi connectivity index (χ0) is 26.2. The number of carbonyl (C=O) groups excluding carboxylic acids is 1. The fourth-order valence-corrected chi connectivity index (χ4v) is 4.07. The molecule has 35 heavy (non-hydrogen) atoms. The maximum atomic E-state index is 11.2. The highest BCUT2D eigenvalue weighted by Gasteiger charge is 2.51. The molecular weight excluding hydrogens is 437 g/mol. The summed E-state index contributed by atoms with van der Waals surface area (Å²) in [4.78, 5) is 17.9. The molecule has 4 rings (SSSR count). The van der Waals surface area contributed by atoms with Gasteiger partial charge in [-0.15, -0.1) is 0 Å². The molecule has 0 atom stereocenters. The van der Waals surface area contributed by atoms with Crippen molar-refractivity contribution >= 4 is 24.3 Å². The average molecular weight is 481 g/mol. The lowest BCUT2D eigenvalue weighted by Gasteiger charge is -2.33. The molecule has 2 aromatic rings. The minimum atomic E-state index is -0.447. The molecule has 2 fully saturated rings. The Morgan fingerprint density at radius 3 is 1.94 bits per heavy atom. The Balaban J connectivity index is 0.000000803. The number of anilines is 1. The highest BCUT2D eigenvalue weighted by molar-refractivity contribution is 6.62. The van der Waals surface area contributed by atoms with Crippen molar-refractivity contribution in [2.45, 2.75) is 91.8 Å². The molecule has 0 aliphatic carbocycles. The Kier molecular flexibility index (Phi) is 10.3. The molecule has 0 radical (unpaired) electrons. The lowest BCUT2D eigenvalue weighted by Crippen LogP contribution is -2.41. The van der Waals surface area contributed by atoms with Gasteiger partial charge < -0.3 is 19.9 Å². The predicted molar refractivity (Wildman–Crippen MR) is 146 cm³/mol. The lowest BCUT2D eigenvalue weighted by molar-refractivity contribution is 0.00578. The Morgan fingerprint density at radius 1 is 1.00 bits per heavy atom. The standard InChI is InChI=1S/C23H30BN3O3.C3H8.C2H6/c1-22(2)23(3,4)30-24(29-22)19-8-5-16(6-9-19)17-11-13-27(14-12-17)20-10-7-18(15-26-20)21(25)28;1-3-2;1-2/h5-10,15,17H,11-14H2,1-4H3,(H2,25,28);3H2,1-2H3;1-2H3. The number of hydrogen-bond donors (Lipinski definition) is 1. The Labute approximate surface area is 212 Å². The number of hydrogen-bond acceptors (Lipinski definition) is 5. The number of amides is 1. The van der Waals surface area contributed by atoms with Gasteiger partial charge in [0.15, 0.2) is 0 Å². The summed E-state index contributed by atoms with van der Waals surface area (Å²) in [5.41, 5.74) is 7.50. The van der Waals surface area contributed by atoms with Crippen LogP contribution in [-0.4, -0.2) is 42.3 Å². The number of primary amides is 1. The van der Waals surface area contributed by atoms with E-state index in [0.717, 1.165) is 37.2 Å². The highest BCUT2D eigenvalue weighted by atomic mass is 16.7. The van der Waals surface area contributed by atoms with E-state index in [1.807, 2.05) is 19.9 Å². The molecule has 3 heterocycles.